The number of nitrogens with zero attached hydrogens (tertiary/aromatic N) is 6. The van der Waals surface area contributed by atoms with Crippen molar-refractivity contribution in [1.29, 1.82) is 0 Å². The predicted molar refractivity (Wildman–Crippen MR) is 105 cm³/mol. The SMILES string of the molecule is Cn1nnnc1C1(C(=O)OC(C)(C)C)C(C(=O)OC(C)(C)C)N(C(=O)O)CCN1C(=O)O. The van der Waals surface area contributed by atoms with Gasteiger partial charge in [-0.25, -0.2) is 23.9 Å². The van der Waals surface area contributed by atoms with Crippen molar-refractivity contribution in [2.75, 3.05) is 13.1 Å². The van der Waals surface area contributed by atoms with Crippen LogP contribution in [0.5, 0.6) is 0 Å². The summed E-state index contributed by atoms with van der Waals surface area (Å²) in [6, 6.07) is -1.98. The number of tetrazole rings is 1. The molecule has 2 atom stereocenters. The van der Waals surface area contributed by atoms with Crippen molar-refractivity contribution in [3.63, 3.8) is 0 Å². The van der Waals surface area contributed by atoms with Crippen LogP contribution >= 0.6 is 0 Å². The third-order valence-electron chi connectivity index (χ3n) is 4.48. The van der Waals surface area contributed by atoms with E-state index < -0.39 is 65.8 Å². The van der Waals surface area contributed by atoms with E-state index in [4.69, 9.17) is 9.47 Å². The lowest BCUT2D eigenvalue weighted by molar-refractivity contribution is -0.191. The molecule has 0 spiro atoms. The molecule has 14 nitrogen and oxygen atoms in total. The van der Waals surface area contributed by atoms with Crippen LogP contribution in [0.25, 0.3) is 0 Å². The molecule has 2 N–H and O–H groups in total. The van der Waals surface area contributed by atoms with E-state index >= 15 is 0 Å². The summed E-state index contributed by atoms with van der Waals surface area (Å²) in [6.07, 6.45) is -3.16. The lowest BCUT2D eigenvalue weighted by Crippen LogP contribution is -2.75. The largest absolute Gasteiger partial charge is 0.465 e. The van der Waals surface area contributed by atoms with E-state index in [-0.39, 0.29) is 0 Å². The molecule has 1 aromatic rings. The highest BCUT2D eigenvalue weighted by Gasteiger charge is 2.67. The Morgan fingerprint density at radius 1 is 0.969 bits per heavy atom. The Labute approximate surface area is 184 Å². The van der Waals surface area contributed by atoms with E-state index in [1.54, 1.807) is 41.5 Å². The second-order valence-corrected chi connectivity index (χ2v) is 9.24. The van der Waals surface area contributed by atoms with Crippen molar-refractivity contribution in [2.45, 2.75) is 64.3 Å². The number of amides is 2. The number of aromatic nitrogens is 4. The maximum absolute atomic E-state index is 13.7. The maximum atomic E-state index is 13.7. The quantitative estimate of drug-likeness (QED) is 0.603. The molecule has 2 amide bonds. The molecule has 32 heavy (non-hydrogen) atoms. The number of hydrogen-bond acceptors (Lipinski definition) is 9. The van der Waals surface area contributed by atoms with Crippen LogP contribution in [0.1, 0.15) is 47.4 Å². The topological polar surface area (TPSA) is 177 Å². The summed E-state index contributed by atoms with van der Waals surface area (Å²) in [6.45, 7) is 8.41. The Hall–Kier alpha value is -3.45. The fraction of sp³-hybridized carbons (Fsp3) is 0.722. The van der Waals surface area contributed by atoms with Crippen LogP contribution in [0.15, 0.2) is 0 Å². The highest BCUT2D eigenvalue weighted by molar-refractivity contribution is 5.96. The minimum Gasteiger partial charge on any atom is -0.465 e. The third kappa shape index (κ3) is 4.57. The van der Waals surface area contributed by atoms with Crippen LogP contribution in [0, 0.1) is 0 Å². The van der Waals surface area contributed by atoms with Crippen LogP contribution in [-0.2, 0) is 31.6 Å². The van der Waals surface area contributed by atoms with Gasteiger partial charge < -0.3 is 19.7 Å². The van der Waals surface area contributed by atoms with Crippen LogP contribution < -0.4 is 0 Å². The lowest BCUT2D eigenvalue weighted by Gasteiger charge is -2.50. The molecular weight excluding hydrogens is 428 g/mol. The first-order valence-corrected chi connectivity index (χ1v) is 9.71. The van der Waals surface area contributed by atoms with Gasteiger partial charge in [-0.1, -0.05) is 0 Å². The second kappa shape index (κ2) is 8.24. The molecular formula is C18H28N6O8. The molecule has 2 heterocycles. The summed E-state index contributed by atoms with van der Waals surface area (Å²) in [4.78, 5) is 52.7. The molecule has 1 saturated heterocycles. The minimum absolute atomic E-state index is 0.393. The average Bonchev–Trinajstić information content (AvgIpc) is 3.03. The Balaban J connectivity index is 2.92. The molecule has 14 heteroatoms. The Kier molecular flexibility index (Phi) is 6.39. The number of esters is 2. The normalized spacial score (nSPS) is 21.8. The van der Waals surface area contributed by atoms with Gasteiger partial charge in [0.15, 0.2) is 11.9 Å². The average molecular weight is 456 g/mol. The monoisotopic (exact) mass is 456 g/mol. The van der Waals surface area contributed by atoms with Crippen molar-refractivity contribution < 1.29 is 38.9 Å². The van der Waals surface area contributed by atoms with Gasteiger partial charge in [-0.2, -0.15) is 0 Å². The van der Waals surface area contributed by atoms with Gasteiger partial charge in [0.05, 0.1) is 0 Å². The molecule has 178 valence electrons. The number of carbonyl (C=O) groups is 4. The number of piperazine rings is 1. The number of ether oxygens (including phenoxy) is 2. The van der Waals surface area contributed by atoms with Gasteiger partial charge in [0.25, 0.3) is 0 Å². The first-order chi connectivity index (χ1) is 14.5. The number of hydrogen-bond donors (Lipinski definition) is 2. The standard InChI is InChI=1S/C18H28N6O8/c1-16(2,3)31-11(25)10-18(12-19-20-21-22(12)7,13(26)32-17(4,5)6)24(15(29)30)9-8-23(10)14(27)28/h10H,8-9H2,1-7H3,(H,27,28)(H,29,30). The predicted octanol–water partition coefficient (Wildman–Crippen LogP) is 0.431. The van der Waals surface area contributed by atoms with Crippen LogP contribution in [-0.4, -0.2) is 94.7 Å². The van der Waals surface area contributed by atoms with E-state index in [0.717, 1.165) is 4.68 Å². The number of rotatable bonds is 3. The number of carbonyl (C=O) groups excluding carboxylic acids is 2. The first-order valence-electron chi connectivity index (χ1n) is 9.71. The van der Waals surface area contributed by atoms with Gasteiger partial charge in [0.1, 0.15) is 11.2 Å². The van der Waals surface area contributed by atoms with E-state index in [9.17, 15) is 29.4 Å². The molecule has 0 aliphatic carbocycles. The zero-order chi connectivity index (χ0) is 24.6. The Morgan fingerprint density at radius 2 is 1.53 bits per heavy atom. The van der Waals surface area contributed by atoms with Gasteiger partial charge in [0, 0.05) is 20.1 Å². The smallest absolute Gasteiger partial charge is 0.408 e. The van der Waals surface area contributed by atoms with E-state index in [1.165, 1.54) is 7.05 Å². The molecule has 0 aromatic carbocycles. The zero-order valence-electron chi connectivity index (χ0n) is 19.0. The van der Waals surface area contributed by atoms with Gasteiger partial charge in [0.2, 0.25) is 5.54 Å². The molecule has 2 rings (SSSR count). The van der Waals surface area contributed by atoms with Gasteiger partial charge in [-0.05, 0) is 52.0 Å². The van der Waals surface area contributed by atoms with Crippen LogP contribution in [0.4, 0.5) is 9.59 Å². The molecule has 1 aliphatic rings. The molecule has 1 aliphatic heterocycles. The minimum atomic E-state index is -2.57. The molecule has 0 radical (unpaired) electrons. The van der Waals surface area contributed by atoms with Crippen LogP contribution in [0.3, 0.4) is 0 Å². The first kappa shape index (κ1) is 24.8. The summed E-state index contributed by atoms with van der Waals surface area (Å²) in [5.41, 5.74) is -4.77. The van der Waals surface area contributed by atoms with E-state index in [2.05, 4.69) is 15.5 Å². The van der Waals surface area contributed by atoms with Gasteiger partial charge >= 0.3 is 24.1 Å². The van der Waals surface area contributed by atoms with Crippen LogP contribution in [0.2, 0.25) is 0 Å². The molecule has 1 aromatic heterocycles. The Bertz CT molecular complexity index is 917. The fourth-order valence-electron chi connectivity index (χ4n) is 3.46. The summed E-state index contributed by atoms with van der Waals surface area (Å²) >= 11 is 0. The molecule has 0 saturated carbocycles. The van der Waals surface area contributed by atoms with Crippen molar-refractivity contribution in [3.8, 4) is 0 Å². The summed E-state index contributed by atoms with van der Waals surface area (Å²) in [5.74, 6) is -2.76. The fourth-order valence-corrected chi connectivity index (χ4v) is 3.46. The van der Waals surface area contributed by atoms with Crippen molar-refractivity contribution in [1.82, 2.24) is 30.0 Å². The zero-order valence-corrected chi connectivity index (χ0v) is 19.0. The number of carboxylic acid groups (broad SMARTS) is 2. The lowest BCUT2D eigenvalue weighted by atomic mass is 9.83. The highest BCUT2D eigenvalue weighted by atomic mass is 16.6. The summed E-state index contributed by atoms with van der Waals surface area (Å²) in [7, 11) is 1.33. The second-order valence-electron chi connectivity index (χ2n) is 9.24. The third-order valence-corrected chi connectivity index (χ3v) is 4.48. The Morgan fingerprint density at radius 3 is 1.94 bits per heavy atom. The van der Waals surface area contributed by atoms with Crippen molar-refractivity contribution >= 4 is 24.1 Å². The summed E-state index contributed by atoms with van der Waals surface area (Å²) < 4.78 is 11.9. The van der Waals surface area contributed by atoms with E-state index in [1.807, 2.05) is 0 Å². The highest BCUT2D eigenvalue weighted by Crippen LogP contribution is 2.40. The number of aryl methyl sites for hydroxylation is 1. The van der Waals surface area contributed by atoms with Crippen molar-refractivity contribution in [3.05, 3.63) is 5.82 Å². The van der Waals surface area contributed by atoms with Gasteiger partial charge in [-0.15, -0.1) is 5.10 Å². The molecule has 1 fully saturated rings. The van der Waals surface area contributed by atoms with Gasteiger partial charge in [-0.3, -0.25) is 9.80 Å². The van der Waals surface area contributed by atoms with Crippen molar-refractivity contribution in [2.24, 2.45) is 7.05 Å². The summed E-state index contributed by atoms with van der Waals surface area (Å²) in [5, 5.41) is 30.7. The molecule has 2 unspecified atom stereocenters. The maximum Gasteiger partial charge on any atom is 0.408 e. The molecule has 0 bridgehead atoms. The van der Waals surface area contributed by atoms with E-state index in [0.29, 0.717) is 9.80 Å².